The number of nitrogens with zero attached hydrogens (tertiary/aromatic N) is 4. The molecule has 7 nitrogen and oxygen atoms in total. The second kappa shape index (κ2) is 8.03. The number of para-hydroxylation sites is 1. The van der Waals surface area contributed by atoms with Crippen molar-refractivity contribution in [2.24, 2.45) is 16.1 Å². The highest BCUT2D eigenvalue weighted by Gasteiger charge is 2.27. The first-order valence-corrected chi connectivity index (χ1v) is 10.2. The Morgan fingerprint density at radius 3 is 2.56 bits per heavy atom. The minimum Gasteiger partial charge on any atom is -0.321 e. The van der Waals surface area contributed by atoms with Gasteiger partial charge in [0.25, 0.3) is 11.8 Å². The lowest BCUT2D eigenvalue weighted by atomic mass is 9.89. The number of carbonyl (C=O) groups is 2. The summed E-state index contributed by atoms with van der Waals surface area (Å²) in [5.74, 6) is -0.950. The Morgan fingerprint density at radius 1 is 1.00 bits per heavy atom. The van der Waals surface area contributed by atoms with Crippen molar-refractivity contribution in [2.75, 3.05) is 5.32 Å². The van der Waals surface area contributed by atoms with Crippen molar-refractivity contribution in [3.63, 3.8) is 0 Å². The van der Waals surface area contributed by atoms with Crippen molar-refractivity contribution in [1.29, 1.82) is 0 Å². The van der Waals surface area contributed by atoms with Gasteiger partial charge >= 0.3 is 0 Å². The van der Waals surface area contributed by atoms with Crippen LogP contribution in [0.5, 0.6) is 0 Å². The number of hydrogen-bond donors (Lipinski definition) is 1. The van der Waals surface area contributed by atoms with E-state index in [2.05, 4.69) is 20.6 Å². The van der Waals surface area contributed by atoms with Gasteiger partial charge in [-0.05, 0) is 42.8 Å². The van der Waals surface area contributed by atoms with Crippen molar-refractivity contribution < 1.29 is 9.59 Å². The fraction of sp³-hybridized carbons (Fsp3) is 0.0800. The van der Waals surface area contributed by atoms with Gasteiger partial charge in [-0.1, -0.05) is 54.6 Å². The molecule has 1 atom stereocenters. The number of fused-ring (bicyclic) bond motifs is 1. The first-order valence-electron chi connectivity index (χ1n) is 10.2. The average Bonchev–Trinajstić information content (AvgIpc) is 3.23. The molecule has 1 N–H and O–H groups in total. The Bertz CT molecular complexity index is 1330. The number of nitrogens with one attached hydrogen (secondary N) is 1. The summed E-state index contributed by atoms with van der Waals surface area (Å²) >= 11 is 0. The van der Waals surface area contributed by atoms with Gasteiger partial charge in [0, 0.05) is 16.9 Å². The van der Waals surface area contributed by atoms with Gasteiger partial charge in [-0.25, -0.2) is 4.68 Å². The molecule has 156 valence electrons. The number of azo groups is 1. The maximum absolute atomic E-state index is 12.7. The summed E-state index contributed by atoms with van der Waals surface area (Å²) in [6, 6.07) is 18.7. The summed E-state index contributed by atoms with van der Waals surface area (Å²) in [4.78, 5) is 24.7. The third-order valence-electron chi connectivity index (χ3n) is 5.35. The molecule has 3 aromatic rings. The molecule has 2 aromatic carbocycles. The lowest BCUT2D eigenvalue weighted by Gasteiger charge is -2.19. The van der Waals surface area contributed by atoms with Gasteiger partial charge in [-0.3, -0.25) is 9.59 Å². The van der Waals surface area contributed by atoms with Gasteiger partial charge < -0.3 is 5.32 Å². The van der Waals surface area contributed by atoms with Crippen molar-refractivity contribution in [3.8, 4) is 5.69 Å². The minimum absolute atomic E-state index is 0.265. The molecule has 7 heteroatoms. The fourth-order valence-electron chi connectivity index (χ4n) is 3.75. The molecule has 1 aliphatic heterocycles. The number of carbonyl (C=O) groups excluding carboxylic acids is 2. The first kappa shape index (κ1) is 19.6. The van der Waals surface area contributed by atoms with Crippen LogP contribution in [-0.2, 0) is 4.79 Å². The van der Waals surface area contributed by atoms with Crippen molar-refractivity contribution in [1.82, 2.24) is 9.78 Å². The number of allylic oxidation sites excluding steroid dienone is 3. The third-order valence-corrected chi connectivity index (χ3v) is 5.35. The number of anilines is 1. The summed E-state index contributed by atoms with van der Waals surface area (Å²) in [6.07, 6.45) is 7.42. The lowest BCUT2D eigenvalue weighted by molar-refractivity contribution is -0.119. The predicted molar refractivity (Wildman–Crippen MR) is 121 cm³/mol. The maximum Gasteiger partial charge on any atom is 0.276 e. The predicted octanol–water partition coefficient (Wildman–Crippen LogP) is 4.88. The summed E-state index contributed by atoms with van der Waals surface area (Å²) in [7, 11) is 0. The van der Waals surface area contributed by atoms with E-state index in [9.17, 15) is 9.59 Å². The molecule has 0 fully saturated rings. The van der Waals surface area contributed by atoms with Crippen LogP contribution in [0.15, 0.2) is 101 Å². The van der Waals surface area contributed by atoms with Crippen LogP contribution in [0.25, 0.3) is 11.4 Å². The summed E-state index contributed by atoms with van der Waals surface area (Å²) in [5, 5.41) is 15.2. The van der Waals surface area contributed by atoms with Crippen LogP contribution in [0.4, 0.5) is 5.69 Å². The molecule has 0 saturated carbocycles. The van der Waals surface area contributed by atoms with Crippen LogP contribution in [0.3, 0.4) is 0 Å². The van der Waals surface area contributed by atoms with Crippen LogP contribution in [0.2, 0.25) is 0 Å². The fourth-order valence-corrected chi connectivity index (χ4v) is 3.75. The largest absolute Gasteiger partial charge is 0.321 e. The molecule has 0 radical (unpaired) electrons. The second-order valence-corrected chi connectivity index (χ2v) is 7.51. The molecule has 0 spiro atoms. The summed E-state index contributed by atoms with van der Waals surface area (Å²) in [5.41, 5.74) is 5.04. The third kappa shape index (κ3) is 3.60. The molecule has 1 aliphatic carbocycles. The molecular formula is C25H19N5O2. The standard InChI is InChI=1S/C25H19N5O2/c1-16-15-22(29-30(16)19-7-3-2-4-8-19)25(32)26-18-13-11-17(12-14-18)23-20-9-5-6-10-21(20)24(31)28-27-23/h2-15,21H,1H3,(H,26,32). The molecule has 0 bridgehead atoms. The smallest absolute Gasteiger partial charge is 0.276 e. The zero-order valence-electron chi connectivity index (χ0n) is 17.3. The number of aryl methyl sites for hydroxylation is 1. The quantitative estimate of drug-likeness (QED) is 0.651. The Morgan fingerprint density at radius 2 is 1.78 bits per heavy atom. The van der Waals surface area contributed by atoms with E-state index in [0.717, 1.165) is 22.5 Å². The number of hydrogen-bond acceptors (Lipinski definition) is 4. The van der Waals surface area contributed by atoms with Gasteiger partial charge in [-0.15, -0.1) is 10.2 Å². The molecule has 1 aromatic heterocycles. The number of amides is 2. The van der Waals surface area contributed by atoms with Crippen LogP contribution in [0, 0.1) is 12.8 Å². The van der Waals surface area contributed by atoms with Gasteiger partial charge in [0.1, 0.15) is 0 Å². The van der Waals surface area contributed by atoms with E-state index in [-0.39, 0.29) is 11.8 Å². The highest BCUT2D eigenvalue weighted by molar-refractivity contribution is 6.03. The molecule has 2 amide bonds. The van der Waals surface area contributed by atoms with Crippen LogP contribution >= 0.6 is 0 Å². The zero-order chi connectivity index (χ0) is 22.1. The molecular weight excluding hydrogens is 402 g/mol. The van der Waals surface area contributed by atoms with Crippen LogP contribution in [-0.4, -0.2) is 21.6 Å². The van der Waals surface area contributed by atoms with Gasteiger partial charge in [0.05, 0.1) is 17.3 Å². The van der Waals surface area contributed by atoms with E-state index in [4.69, 9.17) is 0 Å². The van der Waals surface area contributed by atoms with Crippen LogP contribution < -0.4 is 5.32 Å². The summed E-state index contributed by atoms with van der Waals surface area (Å²) < 4.78 is 1.74. The van der Waals surface area contributed by atoms with Gasteiger partial charge in [0.2, 0.25) is 0 Å². The summed E-state index contributed by atoms with van der Waals surface area (Å²) in [6.45, 7) is 1.91. The van der Waals surface area contributed by atoms with E-state index in [1.807, 2.05) is 73.7 Å². The van der Waals surface area contributed by atoms with E-state index in [1.54, 1.807) is 22.9 Å². The number of aromatic nitrogens is 2. The van der Waals surface area contributed by atoms with E-state index >= 15 is 0 Å². The molecule has 32 heavy (non-hydrogen) atoms. The Balaban J connectivity index is 1.35. The second-order valence-electron chi connectivity index (χ2n) is 7.51. The molecule has 5 rings (SSSR count). The van der Waals surface area contributed by atoms with Crippen LogP contribution in [0.1, 0.15) is 21.7 Å². The van der Waals surface area contributed by atoms with E-state index < -0.39 is 5.92 Å². The van der Waals surface area contributed by atoms with Crippen molar-refractivity contribution in [2.45, 2.75) is 6.92 Å². The molecule has 2 heterocycles. The SMILES string of the molecule is Cc1cc(C(=O)Nc2ccc(C3=C4C=CC=CC4C(=O)N=N3)cc2)nn1-c1ccccc1. The monoisotopic (exact) mass is 421 g/mol. The van der Waals surface area contributed by atoms with Gasteiger partial charge in [-0.2, -0.15) is 5.10 Å². The van der Waals surface area contributed by atoms with Crippen molar-refractivity contribution in [3.05, 3.63) is 107 Å². The maximum atomic E-state index is 12.7. The Hall–Kier alpha value is -4.39. The van der Waals surface area contributed by atoms with E-state index in [0.29, 0.717) is 17.1 Å². The molecule has 0 saturated heterocycles. The van der Waals surface area contributed by atoms with Gasteiger partial charge in [0.15, 0.2) is 5.69 Å². The average molecular weight is 421 g/mol. The van der Waals surface area contributed by atoms with E-state index in [1.165, 1.54) is 0 Å². The lowest BCUT2D eigenvalue weighted by Crippen LogP contribution is -2.17. The Labute approximate surface area is 184 Å². The van der Waals surface area contributed by atoms with Crippen molar-refractivity contribution >= 4 is 23.2 Å². The highest BCUT2D eigenvalue weighted by Crippen LogP contribution is 2.34. The number of rotatable bonds is 4. The topological polar surface area (TPSA) is 88.7 Å². The zero-order valence-corrected chi connectivity index (χ0v) is 17.3. The first-order chi connectivity index (χ1) is 15.6. The minimum atomic E-state index is -0.394. The normalized spacial score (nSPS) is 16.9. The number of benzene rings is 2. The molecule has 1 unspecified atom stereocenters. The molecule has 2 aliphatic rings. The highest BCUT2D eigenvalue weighted by atomic mass is 16.2. The Kier molecular flexibility index (Phi) is 4.91.